The zero-order chi connectivity index (χ0) is 15.4. The Labute approximate surface area is 136 Å². The van der Waals surface area contributed by atoms with Gasteiger partial charge in [0, 0.05) is 0 Å². The summed E-state index contributed by atoms with van der Waals surface area (Å²) in [6.07, 6.45) is 11.2. The molecule has 0 aromatic heterocycles. The van der Waals surface area contributed by atoms with Crippen LogP contribution >= 0.6 is 0 Å². The average Bonchev–Trinajstić information content (AvgIpc) is 2.62. The van der Waals surface area contributed by atoms with Gasteiger partial charge in [-0.2, -0.15) is 0 Å². The predicted molar refractivity (Wildman–Crippen MR) is 93.0 cm³/mol. The van der Waals surface area contributed by atoms with Crippen LogP contribution in [0.3, 0.4) is 0 Å². The fraction of sp³-hybridized carbons (Fsp3) is 0.714. The van der Waals surface area contributed by atoms with E-state index in [1.54, 1.807) is 0 Å². The van der Waals surface area contributed by atoms with E-state index in [1.165, 1.54) is 56.1 Å². The van der Waals surface area contributed by atoms with Gasteiger partial charge < -0.3 is 4.74 Å². The first-order chi connectivity index (χ1) is 10.8. The Morgan fingerprint density at radius 1 is 0.864 bits per heavy atom. The third-order valence-corrected chi connectivity index (χ3v) is 6.21. The van der Waals surface area contributed by atoms with E-state index in [-0.39, 0.29) is 0 Å². The quantitative estimate of drug-likeness (QED) is 0.669. The molecule has 1 aliphatic heterocycles. The molecule has 1 heterocycles. The molecule has 2 atom stereocenters. The number of aryl methyl sites for hydroxylation is 1. The van der Waals surface area contributed by atoms with Crippen LogP contribution in [0.15, 0.2) is 24.3 Å². The second kappa shape index (κ2) is 7.64. The molecule has 2 unspecified atom stereocenters. The lowest BCUT2D eigenvalue weighted by atomic mass is 9.73. The van der Waals surface area contributed by atoms with E-state index in [1.807, 2.05) is 0 Å². The highest BCUT2D eigenvalue weighted by atomic mass is 16.5. The summed E-state index contributed by atoms with van der Waals surface area (Å²) in [5.74, 6) is 2.76. The van der Waals surface area contributed by atoms with Crippen LogP contribution in [0, 0.1) is 17.8 Å². The molecular formula is C21H32O. The third-order valence-electron chi connectivity index (χ3n) is 6.21. The largest absolute Gasteiger partial charge is 0.373 e. The fourth-order valence-corrected chi connectivity index (χ4v) is 4.44. The highest BCUT2D eigenvalue weighted by Gasteiger charge is 2.31. The maximum Gasteiger partial charge on any atom is 0.0825 e. The summed E-state index contributed by atoms with van der Waals surface area (Å²) in [6.45, 7) is 5.55. The molecular weight excluding hydrogens is 268 g/mol. The summed E-state index contributed by atoms with van der Waals surface area (Å²) in [5.41, 5.74) is 2.80. The maximum atomic E-state index is 6.26. The number of rotatable bonds is 4. The summed E-state index contributed by atoms with van der Waals surface area (Å²) in [5, 5.41) is 0. The second-order valence-electron chi connectivity index (χ2n) is 7.44. The molecule has 22 heavy (non-hydrogen) atoms. The molecule has 0 amide bonds. The molecule has 3 rings (SSSR count). The van der Waals surface area contributed by atoms with Crippen LogP contribution in [0.5, 0.6) is 0 Å². The van der Waals surface area contributed by atoms with Crippen molar-refractivity contribution < 1.29 is 4.74 Å². The minimum absolute atomic E-state index is 0.342. The number of hydrogen-bond donors (Lipinski definition) is 0. The predicted octanol–water partition coefficient (Wildman–Crippen LogP) is 5.93. The minimum Gasteiger partial charge on any atom is -0.373 e. The Morgan fingerprint density at radius 2 is 1.55 bits per heavy atom. The standard InChI is InChI=1S/C21H32O/c1-3-16-5-9-18(10-6-16)20-13-14-21(22-15-20)19-11-7-17(4-2)8-12-19/h7-8,11-12,16,18,20-21H,3-6,9-10,13-15H2,1-2H3. The Hall–Kier alpha value is -0.820. The first-order valence-corrected chi connectivity index (χ1v) is 9.50. The smallest absolute Gasteiger partial charge is 0.0825 e. The molecule has 1 saturated carbocycles. The normalized spacial score (nSPS) is 32.8. The molecule has 2 fully saturated rings. The highest BCUT2D eigenvalue weighted by Crippen LogP contribution is 2.40. The van der Waals surface area contributed by atoms with Crippen molar-refractivity contribution in [2.75, 3.05) is 6.61 Å². The van der Waals surface area contributed by atoms with Crippen molar-refractivity contribution in [3.05, 3.63) is 35.4 Å². The van der Waals surface area contributed by atoms with E-state index >= 15 is 0 Å². The molecule has 0 spiro atoms. The molecule has 1 saturated heterocycles. The van der Waals surface area contributed by atoms with Crippen molar-refractivity contribution in [3.63, 3.8) is 0 Å². The zero-order valence-corrected chi connectivity index (χ0v) is 14.4. The molecule has 1 aromatic carbocycles. The molecule has 0 bridgehead atoms. The van der Waals surface area contributed by atoms with Gasteiger partial charge in [-0.1, -0.05) is 57.4 Å². The second-order valence-corrected chi connectivity index (χ2v) is 7.44. The first kappa shape index (κ1) is 16.1. The molecule has 1 aliphatic carbocycles. The molecule has 2 aliphatic rings. The van der Waals surface area contributed by atoms with E-state index in [0.717, 1.165) is 30.8 Å². The van der Waals surface area contributed by atoms with Gasteiger partial charge in [-0.05, 0) is 61.0 Å². The van der Waals surface area contributed by atoms with Crippen molar-refractivity contribution >= 4 is 0 Å². The molecule has 122 valence electrons. The van der Waals surface area contributed by atoms with Crippen LogP contribution in [-0.2, 0) is 11.2 Å². The maximum absolute atomic E-state index is 6.26. The number of benzene rings is 1. The lowest BCUT2D eigenvalue weighted by molar-refractivity contribution is -0.0403. The van der Waals surface area contributed by atoms with Crippen LogP contribution in [0.2, 0.25) is 0 Å². The summed E-state index contributed by atoms with van der Waals surface area (Å²) in [6, 6.07) is 9.07. The molecule has 1 aromatic rings. The summed E-state index contributed by atoms with van der Waals surface area (Å²) in [7, 11) is 0. The monoisotopic (exact) mass is 300 g/mol. The molecule has 0 N–H and O–H groups in total. The van der Waals surface area contributed by atoms with Crippen LogP contribution in [0.4, 0.5) is 0 Å². The van der Waals surface area contributed by atoms with Gasteiger partial charge >= 0.3 is 0 Å². The van der Waals surface area contributed by atoms with Crippen molar-refractivity contribution in [1.29, 1.82) is 0 Å². The molecule has 0 radical (unpaired) electrons. The van der Waals surface area contributed by atoms with E-state index in [2.05, 4.69) is 38.1 Å². The van der Waals surface area contributed by atoms with Gasteiger partial charge in [-0.25, -0.2) is 0 Å². The summed E-state index contributed by atoms with van der Waals surface area (Å²) in [4.78, 5) is 0. The van der Waals surface area contributed by atoms with Crippen LogP contribution < -0.4 is 0 Å². The van der Waals surface area contributed by atoms with Crippen molar-refractivity contribution in [1.82, 2.24) is 0 Å². The zero-order valence-electron chi connectivity index (χ0n) is 14.4. The van der Waals surface area contributed by atoms with E-state index in [9.17, 15) is 0 Å². The highest BCUT2D eigenvalue weighted by molar-refractivity contribution is 5.24. The Bertz CT molecular complexity index is 433. The van der Waals surface area contributed by atoms with Gasteiger partial charge in [0.25, 0.3) is 0 Å². The fourth-order valence-electron chi connectivity index (χ4n) is 4.44. The molecule has 1 nitrogen and oxygen atoms in total. The SMILES string of the molecule is CCc1ccc(C2CCC(C3CCC(CC)CC3)CO2)cc1. The van der Waals surface area contributed by atoms with E-state index < -0.39 is 0 Å². The first-order valence-electron chi connectivity index (χ1n) is 9.50. The topological polar surface area (TPSA) is 9.23 Å². The summed E-state index contributed by atoms with van der Waals surface area (Å²) >= 11 is 0. The lowest BCUT2D eigenvalue weighted by Gasteiger charge is -2.37. The van der Waals surface area contributed by atoms with Crippen molar-refractivity contribution in [2.24, 2.45) is 17.8 Å². The number of ether oxygens (including phenoxy) is 1. The van der Waals surface area contributed by atoms with Crippen LogP contribution in [0.1, 0.15) is 76.0 Å². The number of hydrogen-bond acceptors (Lipinski definition) is 1. The summed E-state index contributed by atoms with van der Waals surface area (Å²) < 4.78 is 6.26. The van der Waals surface area contributed by atoms with Gasteiger partial charge in [0.05, 0.1) is 12.7 Å². The van der Waals surface area contributed by atoms with Crippen molar-refractivity contribution in [2.45, 2.75) is 71.3 Å². The van der Waals surface area contributed by atoms with Gasteiger partial charge in [0.15, 0.2) is 0 Å². The van der Waals surface area contributed by atoms with Crippen molar-refractivity contribution in [3.8, 4) is 0 Å². The van der Waals surface area contributed by atoms with Gasteiger partial charge in [0.1, 0.15) is 0 Å². The Balaban J connectivity index is 1.49. The lowest BCUT2D eigenvalue weighted by Crippen LogP contribution is -2.29. The third kappa shape index (κ3) is 3.74. The van der Waals surface area contributed by atoms with Crippen LogP contribution in [-0.4, -0.2) is 6.61 Å². The Morgan fingerprint density at radius 3 is 2.09 bits per heavy atom. The average molecular weight is 300 g/mol. The Kier molecular flexibility index (Phi) is 5.57. The van der Waals surface area contributed by atoms with E-state index in [4.69, 9.17) is 4.74 Å². The minimum atomic E-state index is 0.342. The van der Waals surface area contributed by atoms with E-state index in [0.29, 0.717) is 6.10 Å². The van der Waals surface area contributed by atoms with Crippen LogP contribution in [0.25, 0.3) is 0 Å². The van der Waals surface area contributed by atoms with Gasteiger partial charge in [-0.15, -0.1) is 0 Å². The molecule has 1 heteroatoms. The van der Waals surface area contributed by atoms with Gasteiger partial charge in [0.2, 0.25) is 0 Å². The van der Waals surface area contributed by atoms with Gasteiger partial charge in [-0.3, -0.25) is 0 Å².